The van der Waals surface area contributed by atoms with Crippen molar-refractivity contribution in [1.29, 1.82) is 0 Å². The van der Waals surface area contributed by atoms with Gasteiger partial charge in [0, 0.05) is 5.56 Å². The molecule has 0 radical (unpaired) electrons. The molecule has 20 heavy (non-hydrogen) atoms. The molecule has 104 valence electrons. The third-order valence-corrected chi connectivity index (χ3v) is 2.65. The summed E-state index contributed by atoms with van der Waals surface area (Å²) in [6, 6.07) is 7.43. The van der Waals surface area contributed by atoms with Crippen molar-refractivity contribution in [3.8, 4) is 11.3 Å². The van der Waals surface area contributed by atoms with Crippen LogP contribution in [0.3, 0.4) is 0 Å². The Hall–Kier alpha value is -2.57. The normalized spacial score (nSPS) is 11.3. The number of anilines is 1. The van der Waals surface area contributed by atoms with Crippen molar-refractivity contribution in [2.24, 2.45) is 5.73 Å². The standard InChI is InChI=1S/C13H10F3N3O/c14-13(15,16)8-3-1-2-7(6-8)10-5-4-9(17)11(19-10)12(18)20/h1-6H,17H2,(H2,18,20). The van der Waals surface area contributed by atoms with Gasteiger partial charge in [0.1, 0.15) is 0 Å². The van der Waals surface area contributed by atoms with Gasteiger partial charge in [-0.2, -0.15) is 13.2 Å². The van der Waals surface area contributed by atoms with Crippen LogP contribution in [0.25, 0.3) is 11.3 Å². The van der Waals surface area contributed by atoms with Crippen LogP contribution in [0.1, 0.15) is 16.1 Å². The number of carbonyl (C=O) groups excluding carboxylic acids is 1. The summed E-state index contributed by atoms with van der Waals surface area (Å²) in [5.41, 5.74) is 10.2. The van der Waals surface area contributed by atoms with Crippen molar-refractivity contribution in [2.45, 2.75) is 6.18 Å². The van der Waals surface area contributed by atoms with E-state index in [1.165, 1.54) is 24.3 Å². The van der Waals surface area contributed by atoms with Gasteiger partial charge in [0.15, 0.2) is 5.69 Å². The van der Waals surface area contributed by atoms with Gasteiger partial charge in [0.05, 0.1) is 16.9 Å². The van der Waals surface area contributed by atoms with E-state index in [2.05, 4.69) is 4.98 Å². The molecule has 0 aliphatic carbocycles. The Balaban J connectivity index is 2.52. The maximum Gasteiger partial charge on any atom is 0.416 e. The summed E-state index contributed by atoms with van der Waals surface area (Å²) in [5, 5.41) is 0. The number of primary amides is 1. The first-order chi connectivity index (χ1) is 9.29. The number of benzene rings is 1. The number of amides is 1. The van der Waals surface area contributed by atoms with Crippen LogP contribution in [0.5, 0.6) is 0 Å². The molecule has 0 bridgehead atoms. The zero-order valence-corrected chi connectivity index (χ0v) is 10.1. The number of carbonyl (C=O) groups is 1. The lowest BCUT2D eigenvalue weighted by Crippen LogP contribution is -2.16. The molecule has 2 aromatic rings. The van der Waals surface area contributed by atoms with Crippen molar-refractivity contribution in [1.82, 2.24) is 4.98 Å². The number of nitrogens with zero attached hydrogens (tertiary/aromatic N) is 1. The molecule has 1 aromatic carbocycles. The van der Waals surface area contributed by atoms with Gasteiger partial charge in [0.25, 0.3) is 5.91 Å². The molecule has 1 amide bonds. The van der Waals surface area contributed by atoms with Gasteiger partial charge in [0.2, 0.25) is 0 Å². The fourth-order valence-corrected chi connectivity index (χ4v) is 1.68. The molecule has 1 aromatic heterocycles. The Kier molecular flexibility index (Phi) is 3.35. The summed E-state index contributed by atoms with van der Waals surface area (Å²) < 4.78 is 37.9. The first kappa shape index (κ1) is 13.9. The average Bonchev–Trinajstić information content (AvgIpc) is 2.38. The predicted molar refractivity (Wildman–Crippen MR) is 67.6 cm³/mol. The molecule has 0 spiro atoms. The quantitative estimate of drug-likeness (QED) is 0.887. The molecule has 4 nitrogen and oxygen atoms in total. The van der Waals surface area contributed by atoms with Crippen LogP contribution in [-0.2, 0) is 6.18 Å². The number of hydrogen-bond donors (Lipinski definition) is 2. The van der Waals surface area contributed by atoms with Gasteiger partial charge in [-0.15, -0.1) is 0 Å². The highest BCUT2D eigenvalue weighted by molar-refractivity contribution is 5.96. The third-order valence-electron chi connectivity index (χ3n) is 2.65. The molecule has 0 unspecified atom stereocenters. The lowest BCUT2D eigenvalue weighted by atomic mass is 10.1. The van der Waals surface area contributed by atoms with Crippen molar-refractivity contribution in [2.75, 3.05) is 5.73 Å². The summed E-state index contributed by atoms with van der Waals surface area (Å²) in [6.07, 6.45) is -4.45. The minimum atomic E-state index is -4.45. The Bertz CT molecular complexity index is 668. The summed E-state index contributed by atoms with van der Waals surface area (Å²) in [5.74, 6) is -0.837. The van der Waals surface area contributed by atoms with Crippen LogP contribution in [-0.4, -0.2) is 10.9 Å². The number of rotatable bonds is 2. The highest BCUT2D eigenvalue weighted by Gasteiger charge is 2.30. The van der Waals surface area contributed by atoms with E-state index in [4.69, 9.17) is 11.5 Å². The molecular formula is C13H10F3N3O. The van der Waals surface area contributed by atoms with Crippen LogP contribution in [0.4, 0.5) is 18.9 Å². The summed E-state index contributed by atoms with van der Waals surface area (Å²) in [7, 11) is 0. The number of nitrogens with two attached hydrogens (primary N) is 2. The Morgan fingerprint density at radius 1 is 1.15 bits per heavy atom. The fourth-order valence-electron chi connectivity index (χ4n) is 1.68. The number of alkyl halides is 3. The largest absolute Gasteiger partial charge is 0.416 e. The van der Waals surface area contributed by atoms with E-state index in [0.29, 0.717) is 0 Å². The molecular weight excluding hydrogens is 271 g/mol. The van der Waals surface area contributed by atoms with Gasteiger partial charge in [-0.25, -0.2) is 4.98 Å². The molecule has 4 N–H and O–H groups in total. The number of halogens is 3. The Labute approximate surface area is 112 Å². The van der Waals surface area contributed by atoms with E-state index >= 15 is 0 Å². The lowest BCUT2D eigenvalue weighted by Gasteiger charge is -2.09. The topological polar surface area (TPSA) is 82.0 Å². The first-order valence-electron chi connectivity index (χ1n) is 5.53. The van der Waals surface area contributed by atoms with Gasteiger partial charge in [-0.05, 0) is 24.3 Å². The van der Waals surface area contributed by atoms with E-state index in [1.807, 2.05) is 0 Å². The van der Waals surface area contributed by atoms with Gasteiger partial charge >= 0.3 is 6.18 Å². The fraction of sp³-hybridized carbons (Fsp3) is 0.0769. The molecule has 0 aliphatic heterocycles. The smallest absolute Gasteiger partial charge is 0.397 e. The predicted octanol–water partition coefficient (Wildman–Crippen LogP) is 2.45. The van der Waals surface area contributed by atoms with E-state index in [-0.39, 0.29) is 22.6 Å². The van der Waals surface area contributed by atoms with Crippen LogP contribution in [0, 0.1) is 0 Å². The molecule has 0 atom stereocenters. The van der Waals surface area contributed by atoms with Gasteiger partial charge in [-0.3, -0.25) is 4.79 Å². The van der Waals surface area contributed by atoms with Crippen LogP contribution >= 0.6 is 0 Å². The third kappa shape index (κ3) is 2.71. The second kappa shape index (κ2) is 4.84. The van der Waals surface area contributed by atoms with Gasteiger partial charge in [-0.1, -0.05) is 12.1 Å². The van der Waals surface area contributed by atoms with Gasteiger partial charge < -0.3 is 11.5 Å². The molecule has 0 fully saturated rings. The van der Waals surface area contributed by atoms with E-state index < -0.39 is 17.6 Å². The molecule has 0 aliphatic rings. The van der Waals surface area contributed by atoms with E-state index in [0.717, 1.165) is 12.1 Å². The molecule has 1 heterocycles. The van der Waals surface area contributed by atoms with Crippen LogP contribution in [0.2, 0.25) is 0 Å². The van der Waals surface area contributed by atoms with Crippen molar-refractivity contribution < 1.29 is 18.0 Å². The Morgan fingerprint density at radius 2 is 1.85 bits per heavy atom. The molecule has 0 saturated carbocycles. The maximum atomic E-state index is 12.6. The molecule has 7 heteroatoms. The zero-order chi connectivity index (χ0) is 14.9. The Morgan fingerprint density at radius 3 is 2.45 bits per heavy atom. The second-order valence-corrected chi connectivity index (χ2v) is 4.08. The average molecular weight is 281 g/mol. The molecule has 0 saturated heterocycles. The first-order valence-corrected chi connectivity index (χ1v) is 5.53. The second-order valence-electron chi connectivity index (χ2n) is 4.08. The molecule has 2 rings (SSSR count). The highest BCUT2D eigenvalue weighted by atomic mass is 19.4. The van der Waals surface area contributed by atoms with Crippen LogP contribution in [0.15, 0.2) is 36.4 Å². The van der Waals surface area contributed by atoms with E-state index in [9.17, 15) is 18.0 Å². The minimum Gasteiger partial charge on any atom is -0.397 e. The number of aromatic nitrogens is 1. The lowest BCUT2D eigenvalue weighted by molar-refractivity contribution is -0.137. The van der Waals surface area contributed by atoms with Crippen molar-refractivity contribution in [3.63, 3.8) is 0 Å². The summed E-state index contributed by atoms with van der Waals surface area (Å²) in [6.45, 7) is 0. The van der Waals surface area contributed by atoms with Crippen molar-refractivity contribution in [3.05, 3.63) is 47.7 Å². The van der Waals surface area contributed by atoms with Crippen LogP contribution < -0.4 is 11.5 Å². The monoisotopic (exact) mass is 281 g/mol. The minimum absolute atomic E-state index is 0.0771. The van der Waals surface area contributed by atoms with E-state index in [1.54, 1.807) is 0 Å². The summed E-state index contributed by atoms with van der Waals surface area (Å²) in [4.78, 5) is 15.0. The SMILES string of the molecule is NC(=O)c1nc(-c2cccc(C(F)(F)F)c2)ccc1N. The maximum absolute atomic E-state index is 12.6. The highest BCUT2D eigenvalue weighted by Crippen LogP contribution is 2.32. The zero-order valence-electron chi connectivity index (χ0n) is 10.1. The number of nitrogen functional groups attached to an aromatic ring is 1. The summed E-state index contributed by atoms with van der Waals surface area (Å²) >= 11 is 0. The number of hydrogen-bond acceptors (Lipinski definition) is 3. The van der Waals surface area contributed by atoms with Crippen molar-refractivity contribution >= 4 is 11.6 Å². The number of pyridine rings is 1.